The summed E-state index contributed by atoms with van der Waals surface area (Å²) >= 11 is 0. The van der Waals surface area contributed by atoms with Gasteiger partial charge in [-0.3, -0.25) is 0 Å². The topological polar surface area (TPSA) is 23.9 Å². The van der Waals surface area contributed by atoms with Crippen molar-refractivity contribution in [3.63, 3.8) is 0 Å². The maximum absolute atomic E-state index is 8.43. The Labute approximate surface area is 140 Å². The van der Waals surface area contributed by atoms with Gasteiger partial charge in [0.1, 0.15) is 0 Å². The average molecular weight is 306 g/mol. The molecule has 1 unspecified atom stereocenters. The molecule has 0 aliphatic carbocycles. The second-order valence-corrected chi connectivity index (χ2v) is 7.52. The minimum atomic E-state index is 0.130. The molecule has 0 aromatic carbocycles. The van der Waals surface area contributed by atoms with Gasteiger partial charge in [0.05, 0.1) is 0 Å². The Kier molecular flexibility index (Phi) is 12.3. The summed E-state index contributed by atoms with van der Waals surface area (Å²) in [6.07, 6.45) is 19.8. The summed E-state index contributed by atoms with van der Waals surface area (Å²) in [6.45, 7) is 9.05. The van der Waals surface area contributed by atoms with Gasteiger partial charge >= 0.3 is 0 Å². The lowest BCUT2D eigenvalue weighted by molar-refractivity contribution is 0.342. The first kappa shape index (κ1) is 21.2. The number of terminal acetylenes is 1. The molecule has 1 atom stereocenters. The molecule has 1 N–H and O–H groups in total. The summed E-state index contributed by atoms with van der Waals surface area (Å²) in [7, 11) is 0. The number of unbranched alkanes of at least 4 members (excludes halogenated alkanes) is 8. The molecular weight excluding hydrogens is 266 g/mol. The van der Waals surface area contributed by atoms with Gasteiger partial charge in [0.2, 0.25) is 0 Å². The predicted molar refractivity (Wildman–Crippen MR) is 101 cm³/mol. The van der Waals surface area contributed by atoms with Crippen LogP contribution in [0.15, 0.2) is 0 Å². The molecule has 0 aliphatic heterocycles. The molecule has 0 heterocycles. The van der Waals surface area contributed by atoms with Crippen molar-refractivity contribution in [3.05, 3.63) is 0 Å². The van der Waals surface area contributed by atoms with E-state index in [9.17, 15) is 0 Å². The van der Waals surface area contributed by atoms with E-state index in [0.717, 1.165) is 31.4 Å². The zero-order valence-corrected chi connectivity index (χ0v) is 15.6. The van der Waals surface area contributed by atoms with Crippen LogP contribution in [0.1, 0.15) is 105 Å². The lowest BCUT2D eigenvalue weighted by Crippen LogP contribution is -2.28. The molecule has 0 saturated carbocycles. The molecule has 1 heteroatoms. The van der Waals surface area contributed by atoms with Crippen LogP contribution in [0.4, 0.5) is 0 Å². The van der Waals surface area contributed by atoms with Gasteiger partial charge in [-0.2, -0.15) is 0 Å². The van der Waals surface area contributed by atoms with Gasteiger partial charge in [-0.1, -0.05) is 66.2 Å². The quantitative estimate of drug-likeness (QED) is 0.203. The number of rotatable bonds is 14. The highest BCUT2D eigenvalue weighted by Gasteiger charge is 2.27. The van der Waals surface area contributed by atoms with Gasteiger partial charge in [0.15, 0.2) is 0 Å². The Hall–Kier alpha value is -0.770. The summed E-state index contributed by atoms with van der Waals surface area (Å²) in [5, 5.41) is 8.43. The average Bonchev–Trinajstić information content (AvgIpc) is 2.48. The van der Waals surface area contributed by atoms with Gasteiger partial charge in [0.25, 0.3) is 0 Å². The second-order valence-electron chi connectivity index (χ2n) is 7.52. The first-order valence-corrected chi connectivity index (χ1v) is 9.47. The molecule has 0 amide bonds. The second kappa shape index (κ2) is 12.7. The van der Waals surface area contributed by atoms with E-state index in [4.69, 9.17) is 11.8 Å². The smallest absolute Gasteiger partial charge is 0.0148 e. The van der Waals surface area contributed by atoms with Crippen LogP contribution in [0.5, 0.6) is 0 Å². The van der Waals surface area contributed by atoms with Crippen molar-refractivity contribution in [3.8, 4) is 12.3 Å². The standard InChI is InChI=1S/C21H39N/c1-6-8-9-10-11-12-13-14-15-16-17-20(22)21(5,7-2)18-19(3)4/h1,19,22H,7-18H2,2-5H3. The minimum absolute atomic E-state index is 0.130. The number of nitrogens with one attached hydrogen (secondary N) is 1. The highest BCUT2D eigenvalue weighted by molar-refractivity contribution is 5.87. The molecule has 0 spiro atoms. The van der Waals surface area contributed by atoms with Gasteiger partial charge in [-0.05, 0) is 38.0 Å². The van der Waals surface area contributed by atoms with Crippen molar-refractivity contribution >= 4 is 5.71 Å². The van der Waals surface area contributed by atoms with E-state index in [0.29, 0.717) is 5.92 Å². The van der Waals surface area contributed by atoms with Crippen molar-refractivity contribution < 1.29 is 0 Å². The molecular formula is C21H39N. The van der Waals surface area contributed by atoms with Crippen molar-refractivity contribution in [2.45, 2.75) is 105 Å². The summed E-state index contributed by atoms with van der Waals surface area (Å²) in [6, 6.07) is 0. The van der Waals surface area contributed by atoms with Gasteiger partial charge in [0, 0.05) is 17.5 Å². The van der Waals surface area contributed by atoms with E-state index in [-0.39, 0.29) is 5.41 Å². The molecule has 0 aliphatic rings. The maximum Gasteiger partial charge on any atom is 0.0148 e. The summed E-state index contributed by atoms with van der Waals surface area (Å²) in [5.41, 5.74) is 1.11. The lowest BCUT2D eigenvalue weighted by atomic mass is 9.74. The van der Waals surface area contributed by atoms with Crippen LogP contribution < -0.4 is 0 Å². The van der Waals surface area contributed by atoms with Gasteiger partial charge < -0.3 is 5.41 Å². The Morgan fingerprint density at radius 2 is 1.50 bits per heavy atom. The molecule has 128 valence electrons. The zero-order chi connectivity index (χ0) is 16.8. The van der Waals surface area contributed by atoms with Crippen LogP contribution in [0.2, 0.25) is 0 Å². The molecule has 0 radical (unpaired) electrons. The third kappa shape index (κ3) is 10.0. The Morgan fingerprint density at radius 3 is 1.95 bits per heavy atom. The highest BCUT2D eigenvalue weighted by Crippen LogP contribution is 2.32. The van der Waals surface area contributed by atoms with Crippen molar-refractivity contribution in [2.24, 2.45) is 11.3 Å². The predicted octanol–water partition coefficient (Wildman–Crippen LogP) is 7.00. The number of hydrogen-bond acceptors (Lipinski definition) is 1. The monoisotopic (exact) mass is 305 g/mol. The van der Waals surface area contributed by atoms with Crippen molar-refractivity contribution in [1.29, 1.82) is 5.41 Å². The van der Waals surface area contributed by atoms with Crippen LogP contribution in [-0.2, 0) is 0 Å². The van der Waals surface area contributed by atoms with E-state index in [1.54, 1.807) is 0 Å². The van der Waals surface area contributed by atoms with Crippen molar-refractivity contribution in [1.82, 2.24) is 0 Å². The molecule has 1 nitrogen and oxygen atoms in total. The minimum Gasteiger partial charge on any atom is -0.309 e. The molecule has 0 saturated heterocycles. The Bertz CT molecular complexity index is 323. The van der Waals surface area contributed by atoms with Gasteiger partial charge in [-0.15, -0.1) is 12.3 Å². The zero-order valence-electron chi connectivity index (χ0n) is 15.6. The Morgan fingerprint density at radius 1 is 1.00 bits per heavy atom. The van der Waals surface area contributed by atoms with Crippen LogP contribution >= 0.6 is 0 Å². The SMILES string of the molecule is C#CCCCCCCCCCCC(=N)C(C)(CC)CC(C)C. The first-order chi connectivity index (χ1) is 10.5. The summed E-state index contributed by atoms with van der Waals surface area (Å²) in [5.74, 6) is 3.39. The fraction of sp³-hybridized carbons (Fsp3) is 0.857. The first-order valence-electron chi connectivity index (χ1n) is 9.47. The molecule has 0 bridgehead atoms. The van der Waals surface area contributed by atoms with Gasteiger partial charge in [-0.25, -0.2) is 0 Å². The van der Waals surface area contributed by atoms with Crippen molar-refractivity contribution in [2.75, 3.05) is 0 Å². The Balaban J connectivity index is 3.65. The van der Waals surface area contributed by atoms with E-state index in [1.807, 2.05) is 0 Å². The molecule has 22 heavy (non-hydrogen) atoms. The normalized spacial score (nSPS) is 13.8. The third-order valence-corrected chi connectivity index (χ3v) is 4.87. The largest absolute Gasteiger partial charge is 0.309 e. The fourth-order valence-electron chi connectivity index (χ4n) is 3.27. The molecule has 0 aromatic heterocycles. The molecule has 0 aromatic rings. The van der Waals surface area contributed by atoms with Crippen LogP contribution in [0.3, 0.4) is 0 Å². The van der Waals surface area contributed by atoms with E-state index in [1.165, 1.54) is 51.4 Å². The van der Waals surface area contributed by atoms with E-state index in [2.05, 4.69) is 33.6 Å². The molecule has 0 fully saturated rings. The fourth-order valence-corrected chi connectivity index (χ4v) is 3.27. The summed E-state index contributed by atoms with van der Waals surface area (Å²) in [4.78, 5) is 0. The number of hydrogen-bond donors (Lipinski definition) is 1. The van der Waals surface area contributed by atoms with Crippen LogP contribution in [0, 0.1) is 29.1 Å². The maximum atomic E-state index is 8.43. The summed E-state index contributed by atoms with van der Waals surface area (Å²) < 4.78 is 0. The van der Waals surface area contributed by atoms with Crippen LogP contribution in [0.25, 0.3) is 0 Å². The highest BCUT2D eigenvalue weighted by atomic mass is 14.5. The van der Waals surface area contributed by atoms with E-state index < -0.39 is 0 Å². The lowest BCUT2D eigenvalue weighted by Gasteiger charge is -2.31. The third-order valence-electron chi connectivity index (χ3n) is 4.87. The van der Waals surface area contributed by atoms with E-state index >= 15 is 0 Å². The molecule has 0 rings (SSSR count). The van der Waals surface area contributed by atoms with Crippen LogP contribution in [-0.4, -0.2) is 5.71 Å².